The van der Waals surface area contributed by atoms with Crippen LogP contribution in [0.2, 0.25) is 0 Å². The van der Waals surface area contributed by atoms with Crippen LogP contribution in [0.5, 0.6) is 5.75 Å². The molecular weight excluding hydrogens is 234 g/mol. The monoisotopic (exact) mass is 247 g/mol. The number of hydrogen-bond donors (Lipinski definition) is 0. The lowest BCUT2D eigenvalue weighted by Crippen LogP contribution is -2.01. The van der Waals surface area contributed by atoms with Gasteiger partial charge in [-0.15, -0.1) is 0 Å². The second-order valence-corrected chi connectivity index (χ2v) is 4.65. The summed E-state index contributed by atoms with van der Waals surface area (Å²) in [5.74, 6) is 0.941. The summed E-state index contributed by atoms with van der Waals surface area (Å²) in [6.45, 7) is 0.600. The van der Waals surface area contributed by atoms with Crippen molar-refractivity contribution in [2.24, 2.45) is 0 Å². The Bertz CT molecular complexity index is 783. The van der Waals surface area contributed by atoms with Gasteiger partial charge in [-0.3, -0.25) is 0 Å². The van der Waals surface area contributed by atoms with Crippen LogP contribution in [0.4, 0.5) is 0 Å². The molecule has 0 radical (unpaired) electrons. The van der Waals surface area contributed by atoms with Gasteiger partial charge in [-0.05, 0) is 30.3 Å². The van der Waals surface area contributed by atoms with Crippen molar-refractivity contribution in [3.8, 4) is 17.0 Å². The average Bonchev–Trinajstić information content (AvgIpc) is 2.79. The Kier molecular flexibility index (Phi) is 2.21. The molecule has 1 aromatic heterocycles. The van der Waals surface area contributed by atoms with Crippen LogP contribution in [0, 0.1) is 0 Å². The van der Waals surface area contributed by atoms with E-state index in [4.69, 9.17) is 4.74 Å². The first-order valence-electron chi connectivity index (χ1n) is 6.42. The van der Waals surface area contributed by atoms with E-state index in [0.29, 0.717) is 6.61 Å². The van der Waals surface area contributed by atoms with E-state index in [9.17, 15) is 0 Å². The standard InChI is InChI=1S/C17H13NO/c1-3-8-15-13(6-1)12-16-14-7-2-4-9-17(14)19-11-5-10-18(15)16/h1-10,12H,11H2/b10-5-. The fourth-order valence-electron chi connectivity index (χ4n) is 2.63. The molecule has 0 saturated heterocycles. The minimum absolute atomic E-state index is 0.600. The number of fused-ring (bicyclic) bond motifs is 5. The lowest BCUT2D eigenvalue weighted by Gasteiger charge is -2.14. The molecule has 0 spiro atoms. The molecule has 1 aliphatic heterocycles. The zero-order valence-electron chi connectivity index (χ0n) is 10.4. The Hall–Kier alpha value is -2.48. The molecule has 0 bridgehead atoms. The van der Waals surface area contributed by atoms with Crippen molar-refractivity contribution in [1.29, 1.82) is 0 Å². The van der Waals surface area contributed by atoms with Crippen LogP contribution in [0.1, 0.15) is 0 Å². The maximum atomic E-state index is 5.78. The average molecular weight is 247 g/mol. The highest BCUT2D eigenvalue weighted by atomic mass is 16.5. The lowest BCUT2D eigenvalue weighted by atomic mass is 10.1. The first kappa shape index (κ1) is 10.4. The zero-order valence-corrected chi connectivity index (χ0v) is 10.4. The largest absolute Gasteiger partial charge is 0.489 e. The summed E-state index contributed by atoms with van der Waals surface area (Å²) in [6, 6.07) is 18.8. The Morgan fingerprint density at radius 2 is 1.79 bits per heavy atom. The molecule has 2 heterocycles. The third-order valence-electron chi connectivity index (χ3n) is 3.50. The number of hydrogen-bond acceptors (Lipinski definition) is 1. The van der Waals surface area contributed by atoms with Gasteiger partial charge >= 0.3 is 0 Å². The molecule has 0 amide bonds. The molecule has 92 valence electrons. The van der Waals surface area contributed by atoms with Crippen molar-refractivity contribution in [1.82, 2.24) is 4.57 Å². The van der Waals surface area contributed by atoms with Crippen LogP contribution < -0.4 is 4.74 Å². The van der Waals surface area contributed by atoms with E-state index < -0.39 is 0 Å². The van der Waals surface area contributed by atoms with Gasteiger partial charge in [0.1, 0.15) is 12.4 Å². The first-order chi connectivity index (χ1) is 9.43. The quantitative estimate of drug-likeness (QED) is 0.581. The van der Waals surface area contributed by atoms with Crippen molar-refractivity contribution in [3.05, 3.63) is 60.7 Å². The van der Waals surface area contributed by atoms with E-state index in [1.807, 2.05) is 18.2 Å². The molecule has 2 heteroatoms. The maximum Gasteiger partial charge on any atom is 0.129 e. The third kappa shape index (κ3) is 1.57. The molecule has 3 aromatic rings. The number of nitrogens with zero attached hydrogens (tertiary/aromatic N) is 1. The number of aromatic nitrogens is 1. The van der Waals surface area contributed by atoms with E-state index in [1.165, 1.54) is 16.6 Å². The van der Waals surface area contributed by atoms with Crippen molar-refractivity contribution < 1.29 is 4.74 Å². The van der Waals surface area contributed by atoms with Gasteiger partial charge in [0.15, 0.2) is 0 Å². The second-order valence-electron chi connectivity index (χ2n) is 4.65. The molecule has 2 aromatic carbocycles. The fraction of sp³-hybridized carbons (Fsp3) is 0.0588. The summed E-state index contributed by atoms with van der Waals surface area (Å²) in [6.07, 6.45) is 4.14. The Morgan fingerprint density at radius 1 is 0.947 bits per heavy atom. The highest BCUT2D eigenvalue weighted by Crippen LogP contribution is 2.35. The Morgan fingerprint density at radius 3 is 2.79 bits per heavy atom. The molecule has 0 atom stereocenters. The van der Waals surface area contributed by atoms with Crippen LogP contribution in [-0.4, -0.2) is 11.2 Å². The molecule has 4 rings (SSSR count). The summed E-state index contributed by atoms with van der Waals surface area (Å²) in [5, 5.41) is 1.25. The second kappa shape index (κ2) is 4.02. The van der Waals surface area contributed by atoms with Crippen LogP contribution in [-0.2, 0) is 0 Å². The highest BCUT2D eigenvalue weighted by molar-refractivity contribution is 5.90. The number of para-hydroxylation sites is 2. The van der Waals surface area contributed by atoms with Gasteiger partial charge in [0, 0.05) is 17.1 Å². The molecular formula is C17H13NO. The van der Waals surface area contributed by atoms with Gasteiger partial charge in [0.05, 0.1) is 11.2 Å². The summed E-state index contributed by atoms with van der Waals surface area (Å²) in [7, 11) is 0. The summed E-state index contributed by atoms with van der Waals surface area (Å²) in [5.41, 5.74) is 3.54. The summed E-state index contributed by atoms with van der Waals surface area (Å²) in [4.78, 5) is 0. The summed E-state index contributed by atoms with van der Waals surface area (Å²) >= 11 is 0. The third-order valence-corrected chi connectivity index (χ3v) is 3.50. The van der Waals surface area contributed by atoms with E-state index in [2.05, 4.69) is 53.2 Å². The van der Waals surface area contributed by atoms with Gasteiger partial charge < -0.3 is 9.30 Å². The van der Waals surface area contributed by atoms with Crippen molar-refractivity contribution >= 4 is 17.1 Å². The van der Waals surface area contributed by atoms with Gasteiger partial charge in [0.2, 0.25) is 0 Å². The van der Waals surface area contributed by atoms with E-state index in [0.717, 1.165) is 11.3 Å². The van der Waals surface area contributed by atoms with Crippen molar-refractivity contribution in [3.63, 3.8) is 0 Å². The van der Waals surface area contributed by atoms with Crippen LogP contribution in [0.25, 0.3) is 28.4 Å². The topological polar surface area (TPSA) is 14.2 Å². The number of rotatable bonds is 0. The van der Waals surface area contributed by atoms with Gasteiger partial charge in [-0.2, -0.15) is 0 Å². The van der Waals surface area contributed by atoms with Crippen LogP contribution in [0.15, 0.2) is 60.7 Å². The molecule has 0 unspecified atom stereocenters. The molecule has 1 aliphatic rings. The molecule has 0 N–H and O–H groups in total. The molecule has 0 saturated carbocycles. The van der Waals surface area contributed by atoms with Crippen LogP contribution in [0.3, 0.4) is 0 Å². The molecule has 0 aliphatic carbocycles. The zero-order chi connectivity index (χ0) is 12.7. The summed E-state index contributed by atoms with van der Waals surface area (Å²) < 4.78 is 8.01. The predicted molar refractivity (Wildman–Crippen MR) is 78.2 cm³/mol. The first-order valence-corrected chi connectivity index (χ1v) is 6.42. The smallest absolute Gasteiger partial charge is 0.129 e. The van der Waals surface area contributed by atoms with Gasteiger partial charge in [-0.25, -0.2) is 0 Å². The maximum absolute atomic E-state index is 5.78. The normalized spacial score (nSPS) is 14.9. The Balaban J connectivity index is 2.11. The van der Waals surface area contributed by atoms with Crippen molar-refractivity contribution in [2.75, 3.05) is 6.61 Å². The van der Waals surface area contributed by atoms with Gasteiger partial charge in [-0.1, -0.05) is 30.3 Å². The Labute approximate surface area is 111 Å². The number of benzene rings is 2. The number of ether oxygens (including phenoxy) is 1. The minimum Gasteiger partial charge on any atom is -0.489 e. The van der Waals surface area contributed by atoms with E-state index >= 15 is 0 Å². The van der Waals surface area contributed by atoms with E-state index in [1.54, 1.807) is 0 Å². The van der Waals surface area contributed by atoms with Gasteiger partial charge in [0.25, 0.3) is 0 Å². The molecule has 19 heavy (non-hydrogen) atoms. The lowest BCUT2D eigenvalue weighted by molar-refractivity contribution is 0.364. The predicted octanol–water partition coefficient (Wildman–Crippen LogP) is 4.17. The molecule has 2 nitrogen and oxygen atoms in total. The highest BCUT2D eigenvalue weighted by Gasteiger charge is 2.14. The SMILES string of the molecule is C1=C\n2c(cc3ccccc32)-c2ccccc2OC/1. The minimum atomic E-state index is 0.600. The van der Waals surface area contributed by atoms with Crippen molar-refractivity contribution in [2.45, 2.75) is 0 Å². The van der Waals surface area contributed by atoms with E-state index in [-0.39, 0.29) is 0 Å². The van der Waals surface area contributed by atoms with Crippen LogP contribution >= 0.6 is 0 Å². The fourth-order valence-corrected chi connectivity index (χ4v) is 2.63. The molecule has 0 fully saturated rings.